The molecule has 0 saturated heterocycles. The number of hydrogen-bond donors (Lipinski definition) is 2. The minimum atomic E-state index is -1.22. The van der Waals surface area contributed by atoms with Crippen molar-refractivity contribution in [2.45, 2.75) is 24.6 Å². The fraction of sp³-hybridized carbons (Fsp3) is 0.250. The van der Waals surface area contributed by atoms with Crippen LogP contribution in [0.2, 0.25) is 0 Å². The highest BCUT2D eigenvalue weighted by molar-refractivity contribution is 6.10. The molecule has 0 amide bonds. The van der Waals surface area contributed by atoms with E-state index in [1.54, 1.807) is 48.7 Å². The fourth-order valence-corrected chi connectivity index (χ4v) is 3.40. The van der Waals surface area contributed by atoms with Crippen LogP contribution in [-0.4, -0.2) is 40.2 Å². The van der Waals surface area contributed by atoms with Gasteiger partial charge in [0.15, 0.2) is 5.82 Å². The second-order valence-electron chi connectivity index (χ2n) is 7.69. The van der Waals surface area contributed by atoms with Crippen molar-refractivity contribution in [1.82, 2.24) is 15.1 Å². The molecule has 2 aromatic heterocycles. The van der Waals surface area contributed by atoms with Gasteiger partial charge in [-0.3, -0.25) is 4.99 Å². The van der Waals surface area contributed by atoms with Gasteiger partial charge in [0.25, 0.3) is 0 Å². The summed E-state index contributed by atoms with van der Waals surface area (Å²) in [6.45, 7) is 4.22. The monoisotopic (exact) mass is 448 g/mol. The minimum absolute atomic E-state index is 0.118. The van der Waals surface area contributed by atoms with Gasteiger partial charge in [0.2, 0.25) is 0 Å². The number of nitrogens with zero attached hydrogens (tertiary/aromatic N) is 4. The molecule has 1 unspecified atom stereocenters. The van der Waals surface area contributed by atoms with Crippen molar-refractivity contribution in [2.75, 3.05) is 18.9 Å². The maximum Gasteiger partial charge on any atom is 0.177 e. The molecule has 2 aliphatic carbocycles. The lowest BCUT2D eigenvalue weighted by Gasteiger charge is -2.17. The first-order valence-corrected chi connectivity index (χ1v) is 10.5. The van der Waals surface area contributed by atoms with Crippen molar-refractivity contribution >= 4 is 17.2 Å². The fourth-order valence-electron chi connectivity index (χ4n) is 3.40. The Morgan fingerprint density at radius 2 is 2.21 bits per heavy atom. The molecule has 4 N–H and O–H groups in total. The molecule has 2 aliphatic rings. The number of halogens is 1. The Morgan fingerprint density at radius 1 is 1.36 bits per heavy atom. The highest BCUT2D eigenvalue weighted by Crippen LogP contribution is 2.50. The molecule has 1 saturated carbocycles. The zero-order chi connectivity index (χ0) is 23.3. The summed E-state index contributed by atoms with van der Waals surface area (Å²) in [7, 11) is 0. The molecule has 9 heteroatoms. The molecular formula is C24H25FN6O2. The van der Waals surface area contributed by atoms with Crippen LogP contribution in [-0.2, 0) is 10.3 Å². The summed E-state index contributed by atoms with van der Waals surface area (Å²) >= 11 is 0. The molecule has 4 rings (SSSR count). The van der Waals surface area contributed by atoms with Crippen LogP contribution in [0.3, 0.4) is 0 Å². The Balaban J connectivity index is 1.59. The first-order valence-electron chi connectivity index (χ1n) is 10.5. The second-order valence-corrected chi connectivity index (χ2v) is 7.69. The van der Waals surface area contributed by atoms with Crippen LogP contribution < -0.4 is 11.5 Å². The van der Waals surface area contributed by atoms with Crippen LogP contribution in [0.5, 0.6) is 0 Å². The van der Waals surface area contributed by atoms with Crippen molar-refractivity contribution in [3.8, 4) is 0 Å². The number of alkyl halides is 1. The summed E-state index contributed by atoms with van der Waals surface area (Å²) in [4.78, 5) is 13.3. The Kier molecular flexibility index (Phi) is 6.60. The molecule has 1 fully saturated rings. The average Bonchev–Trinajstić information content (AvgIpc) is 3.46. The van der Waals surface area contributed by atoms with Gasteiger partial charge in [-0.25, -0.2) is 14.4 Å². The maximum absolute atomic E-state index is 14.3. The minimum Gasteiger partial charge on any atom is -0.396 e. The number of nitrogen functional groups attached to an aromatic ring is 1. The summed E-state index contributed by atoms with van der Waals surface area (Å²) in [6, 6.07) is 1.64. The summed E-state index contributed by atoms with van der Waals surface area (Å²) in [6.07, 6.45) is 15.2. The highest BCUT2D eigenvalue weighted by atomic mass is 19.1. The number of nitrogens with two attached hydrogens (primary N) is 2. The summed E-state index contributed by atoms with van der Waals surface area (Å²) in [5.41, 5.74) is 14.4. The van der Waals surface area contributed by atoms with E-state index >= 15 is 0 Å². The molecule has 0 aromatic carbocycles. The summed E-state index contributed by atoms with van der Waals surface area (Å²) in [5, 5.41) is 3.93. The molecule has 0 radical (unpaired) electrons. The summed E-state index contributed by atoms with van der Waals surface area (Å²) < 4.78 is 25.1. The normalized spacial score (nSPS) is 19.8. The highest BCUT2D eigenvalue weighted by Gasteiger charge is 2.47. The lowest BCUT2D eigenvalue weighted by Crippen LogP contribution is -2.17. The number of rotatable bonds is 9. The van der Waals surface area contributed by atoms with E-state index in [9.17, 15) is 4.39 Å². The average molecular weight is 449 g/mol. The zero-order valence-electron chi connectivity index (χ0n) is 18.0. The molecule has 0 aliphatic heterocycles. The largest absolute Gasteiger partial charge is 0.396 e. The van der Waals surface area contributed by atoms with Gasteiger partial charge in [-0.05, 0) is 30.6 Å². The third-order valence-corrected chi connectivity index (χ3v) is 5.34. The Bertz CT molecular complexity index is 1160. The third kappa shape index (κ3) is 5.15. The molecular weight excluding hydrogens is 423 g/mol. The SMILES string of the molecule is C=CCOC1(c2cnc(C(N)=CC(=NCC3=CC=CC=CC3F)c3ccon3)nc2N)CC1. The van der Waals surface area contributed by atoms with E-state index in [1.165, 1.54) is 12.3 Å². The smallest absolute Gasteiger partial charge is 0.177 e. The molecule has 0 spiro atoms. The second kappa shape index (κ2) is 9.74. The van der Waals surface area contributed by atoms with Crippen molar-refractivity contribution in [3.05, 3.63) is 90.3 Å². The van der Waals surface area contributed by atoms with Crippen LogP contribution in [0.25, 0.3) is 5.70 Å². The molecule has 0 bridgehead atoms. The number of allylic oxidation sites excluding steroid dienone is 6. The molecule has 8 nitrogen and oxygen atoms in total. The number of ether oxygens (including phenoxy) is 1. The van der Waals surface area contributed by atoms with Crippen molar-refractivity contribution < 1.29 is 13.7 Å². The van der Waals surface area contributed by atoms with E-state index in [4.69, 9.17) is 20.7 Å². The van der Waals surface area contributed by atoms with E-state index in [0.29, 0.717) is 29.4 Å². The standard InChI is InChI=1S/C24H25FN6O2/c1-2-11-32-24(9-10-24)17-15-29-23(30-22(17)27)19(26)13-21(20-8-12-33-31-20)28-14-16-6-4-3-5-7-18(16)25/h2-8,12-13,15,18H,1,9-11,14,26H2,(H2,27,29,30). The molecule has 170 valence electrons. The Morgan fingerprint density at radius 3 is 2.91 bits per heavy atom. The van der Waals surface area contributed by atoms with Gasteiger partial charge in [0.05, 0.1) is 30.2 Å². The number of aromatic nitrogens is 3. The van der Waals surface area contributed by atoms with Gasteiger partial charge in [-0.2, -0.15) is 0 Å². The number of aliphatic imine (C=N–C) groups is 1. The molecule has 2 heterocycles. The molecule has 2 aromatic rings. The lowest BCUT2D eigenvalue weighted by molar-refractivity contribution is 0.0509. The first-order chi connectivity index (χ1) is 16.0. The zero-order valence-corrected chi connectivity index (χ0v) is 18.0. The van der Waals surface area contributed by atoms with Gasteiger partial charge in [0, 0.05) is 17.8 Å². The topological polar surface area (TPSA) is 125 Å². The number of anilines is 1. The Labute approximate surface area is 190 Å². The van der Waals surface area contributed by atoms with Crippen LogP contribution in [0.4, 0.5) is 10.2 Å². The van der Waals surface area contributed by atoms with Gasteiger partial charge in [-0.15, -0.1) is 6.58 Å². The van der Waals surface area contributed by atoms with E-state index < -0.39 is 11.8 Å². The van der Waals surface area contributed by atoms with Gasteiger partial charge in [-0.1, -0.05) is 35.5 Å². The van der Waals surface area contributed by atoms with Crippen molar-refractivity contribution in [2.24, 2.45) is 10.7 Å². The third-order valence-electron chi connectivity index (χ3n) is 5.34. The van der Waals surface area contributed by atoms with Crippen molar-refractivity contribution in [3.63, 3.8) is 0 Å². The predicted octanol–water partition coefficient (Wildman–Crippen LogP) is 3.42. The van der Waals surface area contributed by atoms with Crippen LogP contribution in [0, 0.1) is 0 Å². The maximum atomic E-state index is 14.3. The quantitative estimate of drug-likeness (QED) is 0.445. The molecule has 1 atom stereocenters. The Hall–Kier alpha value is -3.85. The van der Waals surface area contributed by atoms with Gasteiger partial charge >= 0.3 is 0 Å². The lowest BCUT2D eigenvalue weighted by atomic mass is 10.1. The molecule has 33 heavy (non-hydrogen) atoms. The van der Waals surface area contributed by atoms with Crippen LogP contribution in [0.1, 0.15) is 29.9 Å². The van der Waals surface area contributed by atoms with E-state index in [1.807, 2.05) is 0 Å². The van der Waals surface area contributed by atoms with E-state index in [-0.39, 0.29) is 18.1 Å². The van der Waals surface area contributed by atoms with Gasteiger partial charge in [0.1, 0.15) is 23.9 Å². The first kappa shape index (κ1) is 22.3. The van der Waals surface area contributed by atoms with E-state index in [0.717, 1.165) is 18.4 Å². The van der Waals surface area contributed by atoms with Crippen molar-refractivity contribution in [1.29, 1.82) is 0 Å². The summed E-state index contributed by atoms with van der Waals surface area (Å²) in [5.74, 6) is 0.551. The predicted molar refractivity (Wildman–Crippen MR) is 125 cm³/mol. The van der Waals surface area contributed by atoms with Crippen LogP contribution >= 0.6 is 0 Å². The van der Waals surface area contributed by atoms with Gasteiger partial charge < -0.3 is 20.7 Å². The number of hydrogen-bond acceptors (Lipinski definition) is 8. The van der Waals surface area contributed by atoms with Crippen LogP contribution in [0.15, 0.2) is 82.7 Å². The van der Waals surface area contributed by atoms with E-state index in [2.05, 4.69) is 26.7 Å².